The minimum Gasteiger partial charge on any atom is -0.507 e. The van der Waals surface area contributed by atoms with Crippen LogP contribution < -0.4 is 0 Å². The van der Waals surface area contributed by atoms with Crippen molar-refractivity contribution in [2.45, 2.75) is 6.10 Å². The molecule has 3 aromatic rings. The highest BCUT2D eigenvalue weighted by molar-refractivity contribution is 5.89. The molecule has 0 spiro atoms. The molecule has 0 aliphatic rings. The van der Waals surface area contributed by atoms with Crippen LogP contribution in [0.4, 0.5) is 0 Å². The van der Waals surface area contributed by atoms with Crippen molar-refractivity contribution in [3.05, 3.63) is 77.9 Å². The van der Waals surface area contributed by atoms with Gasteiger partial charge in [-0.1, -0.05) is 66.7 Å². The fourth-order valence-electron chi connectivity index (χ4n) is 2.31. The molecule has 1 unspecified atom stereocenters. The van der Waals surface area contributed by atoms with E-state index >= 15 is 0 Å². The van der Waals surface area contributed by atoms with Crippen LogP contribution in [0, 0.1) is 0 Å². The van der Waals surface area contributed by atoms with E-state index in [1.807, 2.05) is 60.7 Å². The van der Waals surface area contributed by atoms with Crippen molar-refractivity contribution < 1.29 is 10.2 Å². The van der Waals surface area contributed by atoms with Crippen LogP contribution in [0.3, 0.4) is 0 Å². The van der Waals surface area contributed by atoms with E-state index in [2.05, 4.69) is 0 Å². The molecule has 0 bridgehead atoms. The molecule has 2 nitrogen and oxygen atoms in total. The van der Waals surface area contributed by atoms with Crippen LogP contribution in [0.15, 0.2) is 66.7 Å². The maximum absolute atomic E-state index is 10.4. The lowest BCUT2D eigenvalue weighted by Crippen LogP contribution is -1.99. The van der Waals surface area contributed by atoms with Crippen LogP contribution in [0.1, 0.15) is 17.2 Å². The van der Waals surface area contributed by atoms with Gasteiger partial charge in [-0.25, -0.2) is 0 Å². The van der Waals surface area contributed by atoms with Crippen LogP contribution in [0.2, 0.25) is 0 Å². The van der Waals surface area contributed by atoms with E-state index in [4.69, 9.17) is 0 Å². The molecule has 0 fully saturated rings. The van der Waals surface area contributed by atoms with E-state index in [0.717, 1.165) is 16.3 Å². The zero-order chi connectivity index (χ0) is 13.2. The van der Waals surface area contributed by atoms with Crippen molar-refractivity contribution in [2.75, 3.05) is 0 Å². The highest BCUT2D eigenvalue weighted by Crippen LogP contribution is 2.34. The summed E-state index contributed by atoms with van der Waals surface area (Å²) in [5, 5.41) is 22.4. The van der Waals surface area contributed by atoms with Crippen molar-refractivity contribution in [2.24, 2.45) is 0 Å². The zero-order valence-corrected chi connectivity index (χ0v) is 10.3. The van der Waals surface area contributed by atoms with Gasteiger partial charge in [-0.3, -0.25) is 0 Å². The summed E-state index contributed by atoms with van der Waals surface area (Å²) < 4.78 is 0. The average molecular weight is 250 g/mol. The molecule has 0 saturated carbocycles. The Bertz CT molecular complexity index is 705. The number of phenolic OH excluding ortho intramolecular Hbond substituents is 1. The summed E-state index contributed by atoms with van der Waals surface area (Å²) in [4.78, 5) is 0. The van der Waals surface area contributed by atoms with Gasteiger partial charge in [-0.05, 0) is 10.9 Å². The van der Waals surface area contributed by atoms with Gasteiger partial charge in [0.15, 0.2) is 0 Å². The van der Waals surface area contributed by atoms with Crippen molar-refractivity contribution in [1.82, 2.24) is 0 Å². The van der Waals surface area contributed by atoms with Gasteiger partial charge >= 0.3 is 0 Å². The maximum atomic E-state index is 10.4. The molecular formula is C17H14O2. The summed E-state index contributed by atoms with van der Waals surface area (Å²) in [6.45, 7) is 0. The first-order chi connectivity index (χ1) is 9.27. The minimum atomic E-state index is -0.814. The molecule has 1 atom stereocenters. The topological polar surface area (TPSA) is 40.5 Å². The smallest absolute Gasteiger partial charge is 0.129 e. The van der Waals surface area contributed by atoms with E-state index in [0.29, 0.717) is 5.56 Å². The number of hydrogen-bond acceptors (Lipinski definition) is 2. The highest BCUT2D eigenvalue weighted by atomic mass is 16.3. The normalized spacial score (nSPS) is 12.5. The van der Waals surface area contributed by atoms with E-state index in [9.17, 15) is 10.2 Å². The monoisotopic (exact) mass is 250 g/mol. The number of rotatable bonds is 2. The first-order valence-electron chi connectivity index (χ1n) is 6.21. The van der Waals surface area contributed by atoms with Crippen LogP contribution in [0.5, 0.6) is 5.75 Å². The first-order valence-corrected chi connectivity index (χ1v) is 6.21. The molecule has 94 valence electrons. The number of aliphatic hydroxyl groups excluding tert-OH is 1. The molecule has 0 radical (unpaired) electrons. The molecule has 0 aromatic heterocycles. The van der Waals surface area contributed by atoms with E-state index in [-0.39, 0.29) is 5.75 Å². The molecular weight excluding hydrogens is 236 g/mol. The third-order valence-corrected chi connectivity index (χ3v) is 3.34. The molecule has 0 amide bonds. The Kier molecular flexibility index (Phi) is 2.94. The number of phenols is 1. The summed E-state index contributed by atoms with van der Waals surface area (Å²) in [6.07, 6.45) is -0.814. The molecule has 3 rings (SSSR count). The Morgan fingerprint density at radius 3 is 2.21 bits per heavy atom. The number of aliphatic hydroxyl groups is 1. The molecule has 3 aromatic carbocycles. The summed E-state index contributed by atoms with van der Waals surface area (Å²) in [5.74, 6) is 0.148. The van der Waals surface area contributed by atoms with Crippen molar-refractivity contribution in [3.8, 4) is 5.75 Å². The summed E-state index contributed by atoms with van der Waals surface area (Å²) >= 11 is 0. The largest absolute Gasteiger partial charge is 0.507 e. The fraction of sp³-hybridized carbons (Fsp3) is 0.0588. The van der Waals surface area contributed by atoms with Crippen LogP contribution in [-0.2, 0) is 0 Å². The van der Waals surface area contributed by atoms with Gasteiger partial charge in [0, 0.05) is 10.9 Å². The third kappa shape index (κ3) is 2.07. The quantitative estimate of drug-likeness (QED) is 0.729. The first kappa shape index (κ1) is 11.8. The van der Waals surface area contributed by atoms with Gasteiger partial charge in [0.2, 0.25) is 0 Å². The van der Waals surface area contributed by atoms with Gasteiger partial charge in [0.1, 0.15) is 11.9 Å². The Balaban J connectivity index is 2.13. The predicted molar refractivity (Wildman–Crippen MR) is 76.1 cm³/mol. The van der Waals surface area contributed by atoms with Gasteiger partial charge < -0.3 is 10.2 Å². The summed E-state index contributed by atoms with van der Waals surface area (Å²) in [5.41, 5.74) is 1.30. The molecule has 19 heavy (non-hydrogen) atoms. The summed E-state index contributed by atoms with van der Waals surface area (Å²) in [7, 11) is 0. The minimum absolute atomic E-state index is 0.148. The lowest BCUT2D eigenvalue weighted by atomic mass is 9.97. The number of hydrogen-bond donors (Lipinski definition) is 2. The second-order valence-corrected chi connectivity index (χ2v) is 4.54. The zero-order valence-electron chi connectivity index (χ0n) is 10.3. The lowest BCUT2D eigenvalue weighted by molar-refractivity contribution is 0.216. The van der Waals surface area contributed by atoms with Crippen molar-refractivity contribution in [1.29, 1.82) is 0 Å². The second-order valence-electron chi connectivity index (χ2n) is 4.54. The van der Waals surface area contributed by atoms with Gasteiger partial charge in [0.25, 0.3) is 0 Å². The van der Waals surface area contributed by atoms with E-state index < -0.39 is 6.10 Å². The van der Waals surface area contributed by atoms with E-state index in [1.54, 1.807) is 6.07 Å². The predicted octanol–water partition coefficient (Wildman–Crippen LogP) is 3.63. The van der Waals surface area contributed by atoms with Gasteiger partial charge in [-0.15, -0.1) is 0 Å². The molecule has 2 heteroatoms. The average Bonchev–Trinajstić information content (AvgIpc) is 2.48. The number of fused-ring (bicyclic) bond motifs is 1. The van der Waals surface area contributed by atoms with Crippen molar-refractivity contribution >= 4 is 10.8 Å². The highest BCUT2D eigenvalue weighted by Gasteiger charge is 2.15. The van der Waals surface area contributed by atoms with Crippen LogP contribution in [0.25, 0.3) is 10.8 Å². The lowest BCUT2D eigenvalue weighted by Gasteiger charge is -2.14. The molecule has 0 saturated heterocycles. The molecule has 2 N–H and O–H groups in total. The molecule has 0 aliphatic heterocycles. The maximum Gasteiger partial charge on any atom is 0.129 e. The number of aromatic hydroxyl groups is 1. The fourth-order valence-corrected chi connectivity index (χ4v) is 2.31. The van der Waals surface area contributed by atoms with Crippen LogP contribution in [-0.4, -0.2) is 10.2 Å². The Morgan fingerprint density at radius 2 is 1.42 bits per heavy atom. The van der Waals surface area contributed by atoms with Gasteiger partial charge in [0.05, 0.1) is 0 Å². The second kappa shape index (κ2) is 4.75. The summed E-state index contributed by atoms with van der Waals surface area (Å²) in [6, 6.07) is 20.6. The third-order valence-electron chi connectivity index (χ3n) is 3.34. The standard InChI is InChI=1S/C17H14O2/c18-16(13-7-2-1-3-8-13)15-11-10-12-6-4-5-9-14(12)17(15)19/h1-11,16,18-19H. The SMILES string of the molecule is Oc1c(C(O)c2ccccc2)ccc2ccccc12. The van der Waals surface area contributed by atoms with Crippen LogP contribution >= 0.6 is 0 Å². The molecule has 0 heterocycles. The Morgan fingerprint density at radius 1 is 0.737 bits per heavy atom. The molecule has 0 aliphatic carbocycles. The van der Waals surface area contributed by atoms with E-state index in [1.165, 1.54) is 0 Å². The Labute approximate surface area is 111 Å². The van der Waals surface area contributed by atoms with Gasteiger partial charge in [-0.2, -0.15) is 0 Å². The number of benzene rings is 3. The Hall–Kier alpha value is -2.32. The van der Waals surface area contributed by atoms with Crippen molar-refractivity contribution in [3.63, 3.8) is 0 Å².